The van der Waals surface area contributed by atoms with Gasteiger partial charge >= 0.3 is 0 Å². The van der Waals surface area contributed by atoms with E-state index in [-0.39, 0.29) is 13.0 Å². The molecule has 3 rings (SSSR count). The maximum atomic E-state index is 12.6. The first-order valence-corrected chi connectivity index (χ1v) is 8.22. The van der Waals surface area contributed by atoms with E-state index in [1.165, 1.54) is 0 Å². The average molecular weight is 349 g/mol. The number of benzene rings is 2. The van der Waals surface area contributed by atoms with Crippen LogP contribution in [-0.4, -0.2) is 28.3 Å². The molecule has 2 aromatic rings. The second-order valence-electron chi connectivity index (χ2n) is 6.33. The van der Waals surface area contributed by atoms with Crippen LogP contribution in [0, 0.1) is 18.3 Å². The topological polar surface area (TPSA) is 85.9 Å². The minimum Gasteiger partial charge on any atom is -0.484 e. The summed E-state index contributed by atoms with van der Waals surface area (Å²) in [5, 5.41) is 25.2. The van der Waals surface area contributed by atoms with Gasteiger partial charge in [-0.2, -0.15) is 15.4 Å². The minimum absolute atomic E-state index is 0.249. The van der Waals surface area contributed by atoms with Gasteiger partial charge < -0.3 is 9.84 Å². The summed E-state index contributed by atoms with van der Waals surface area (Å²) in [7, 11) is 0. The molecule has 6 heteroatoms. The molecule has 2 aromatic carbocycles. The molecule has 6 nitrogen and oxygen atoms in total. The maximum Gasteiger partial charge on any atom is 0.283 e. The second-order valence-corrected chi connectivity index (χ2v) is 6.33. The highest BCUT2D eigenvalue weighted by Gasteiger charge is 2.44. The summed E-state index contributed by atoms with van der Waals surface area (Å²) in [4.78, 5) is 12.6. The first-order valence-electron chi connectivity index (χ1n) is 8.22. The van der Waals surface area contributed by atoms with E-state index in [0.717, 1.165) is 10.6 Å². The molecule has 0 saturated carbocycles. The quantitative estimate of drug-likeness (QED) is 0.919. The summed E-state index contributed by atoms with van der Waals surface area (Å²) in [6.45, 7) is 3.46. The van der Waals surface area contributed by atoms with E-state index in [4.69, 9.17) is 10.00 Å². The van der Waals surface area contributed by atoms with Gasteiger partial charge in [-0.25, -0.2) is 0 Å². The molecule has 1 amide bonds. The summed E-state index contributed by atoms with van der Waals surface area (Å²) >= 11 is 0. The number of aryl methyl sites for hydroxylation is 1. The zero-order valence-corrected chi connectivity index (χ0v) is 14.6. The predicted molar refractivity (Wildman–Crippen MR) is 96.3 cm³/mol. The van der Waals surface area contributed by atoms with Crippen LogP contribution in [0.5, 0.6) is 5.75 Å². The third-order valence-corrected chi connectivity index (χ3v) is 4.22. The number of hydrogen-bond donors (Lipinski definition) is 1. The predicted octanol–water partition coefficient (Wildman–Crippen LogP) is 2.70. The van der Waals surface area contributed by atoms with Crippen LogP contribution in [0.1, 0.15) is 30.0 Å². The third kappa shape index (κ3) is 3.44. The minimum atomic E-state index is -1.51. The van der Waals surface area contributed by atoms with Crippen LogP contribution in [-0.2, 0) is 10.5 Å². The highest BCUT2D eigenvalue weighted by atomic mass is 16.5. The molecule has 0 fully saturated rings. The Morgan fingerprint density at radius 1 is 1.23 bits per heavy atom. The lowest BCUT2D eigenvalue weighted by Crippen LogP contribution is -2.45. The molecule has 1 aliphatic rings. The Kier molecular flexibility index (Phi) is 4.74. The molecule has 1 N–H and O–H groups in total. The van der Waals surface area contributed by atoms with Gasteiger partial charge in [-0.15, -0.1) is 0 Å². The van der Waals surface area contributed by atoms with Crippen molar-refractivity contribution in [2.75, 3.05) is 6.61 Å². The van der Waals surface area contributed by atoms with E-state index in [0.29, 0.717) is 22.6 Å². The van der Waals surface area contributed by atoms with Gasteiger partial charge in [0.25, 0.3) is 5.91 Å². The number of amides is 1. The molecular weight excluding hydrogens is 330 g/mol. The highest BCUT2D eigenvalue weighted by molar-refractivity contribution is 5.89. The number of carbonyl (C=O) groups excluding carboxylic acids is 1. The fraction of sp³-hybridized carbons (Fsp3) is 0.250. The van der Waals surface area contributed by atoms with Crippen molar-refractivity contribution in [2.24, 2.45) is 5.10 Å². The molecule has 0 saturated heterocycles. The zero-order chi connectivity index (χ0) is 18.7. The van der Waals surface area contributed by atoms with Gasteiger partial charge in [0, 0.05) is 17.7 Å². The van der Waals surface area contributed by atoms with E-state index >= 15 is 0 Å². The first-order chi connectivity index (χ1) is 12.4. The second kappa shape index (κ2) is 6.98. The van der Waals surface area contributed by atoms with Gasteiger partial charge in [0.05, 0.1) is 11.6 Å². The molecule has 132 valence electrons. The van der Waals surface area contributed by atoms with Crippen LogP contribution >= 0.6 is 0 Å². The van der Waals surface area contributed by atoms with E-state index < -0.39 is 11.6 Å². The summed E-state index contributed by atoms with van der Waals surface area (Å²) in [6.07, 6.45) is 0.249. The first kappa shape index (κ1) is 17.6. The Labute approximate surface area is 151 Å². The fourth-order valence-corrected chi connectivity index (χ4v) is 2.86. The lowest BCUT2D eigenvalue weighted by Gasteiger charge is -2.31. The Hall–Kier alpha value is -3.17. The van der Waals surface area contributed by atoms with Gasteiger partial charge in [-0.3, -0.25) is 4.79 Å². The van der Waals surface area contributed by atoms with Crippen molar-refractivity contribution in [2.45, 2.75) is 26.0 Å². The lowest BCUT2D eigenvalue weighted by atomic mass is 9.97. The van der Waals surface area contributed by atoms with Crippen LogP contribution in [0.3, 0.4) is 0 Å². The van der Waals surface area contributed by atoms with Crippen molar-refractivity contribution in [3.05, 3.63) is 65.2 Å². The molecule has 0 aliphatic carbocycles. The molecular formula is C20H19N3O3. The van der Waals surface area contributed by atoms with Crippen LogP contribution < -0.4 is 4.74 Å². The molecule has 0 bridgehead atoms. The molecule has 0 radical (unpaired) electrons. The summed E-state index contributed by atoms with van der Waals surface area (Å²) in [6, 6.07) is 15.9. The summed E-state index contributed by atoms with van der Waals surface area (Å²) in [5.41, 5.74) is 1.34. The maximum absolute atomic E-state index is 12.6. The van der Waals surface area contributed by atoms with Gasteiger partial charge in [0.15, 0.2) is 12.3 Å². The number of hydrogen-bond acceptors (Lipinski definition) is 5. The number of nitriles is 1. The number of rotatable bonds is 4. The van der Waals surface area contributed by atoms with E-state index in [2.05, 4.69) is 5.10 Å². The number of nitrogens with zero attached hydrogens (tertiary/aromatic N) is 3. The van der Waals surface area contributed by atoms with Gasteiger partial charge in [-0.1, -0.05) is 29.8 Å². The Balaban J connectivity index is 1.75. The Bertz CT molecular complexity index is 882. The lowest BCUT2D eigenvalue weighted by molar-refractivity contribution is -0.159. The monoisotopic (exact) mass is 349 g/mol. The largest absolute Gasteiger partial charge is 0.484 e. The van der Waals surface area contributed by atoms with E-state index in [1.54, 1.807) is 43.3 Å². The van der Waals surface area contributed by atoms with Crippen molar-refractivity contribution in [1.29, 1.82) is 5.26 Å². The smallest absolute Gasteiger partial charge is 0.283 e. The number of carbonyl (C=O) groups is 1. The third-order valence-electron chi connectivity index (χ3n) is 4.22. The van der Waals surface area contributed by atoms with Gasteiger partial charge in [0.1, 0.15) is 5.75 Å². The van der Waals surface area contributed by atoms with Crippen LogP contribution in [0.15, 0.2) is 53.6 Å². The summed E-state index contributed by atoms with van der Waals surface area (Å²) in [5.74, 6) is 0.0189. The van der Waals surface area contributed by atoms with Crippen molar-refractivity contribution < 1.29 is 14.6 Å². The summed E-state index contributed by atoms with van der Waals surface area (Å²) < 4.78 is 5.48. The van der Waals surface area contributed by atoms with Crippen LogP contribution in [0.2, 0.25) is 0 Å². The number of ether oxygens (including phenoxy) is 1. The number of hydrazone groups is 1. The van der Waals surface area contributed by atoms with Crippen molar-refractivity contribution >= 4 is 11.6 Å². The molecule has 1 aliphatic heterocycles. The van der Waals surface area contributed by atoms with Gasteiger partial charge in [0.2, 0.25) is 0 Å². The fourth-order valence-electron chi connectivity index (χ4n) is 2.86. The standard InChI is InChI=1S/C20H19N3O3/c1-14-3-7-17(8-4-14)20(25)11-15(2)22-23(20)19(24)13-26-18-9-5-16(12-21)6-10-18/h3-10,25H,11,13H2,1-2H3/t20-/m0/s1. The van der Waals surface area contributed by atoms with Crippen molar-refractivity contribution in [3.63, 3.8) is 0 Å². The molecule has 1 atom stereocenters. The highest BCUT2D eigenvalue weighted by Crippen LogP contribution is 2.35. The Morgan fingerprint density at radius 3 is 2.50 bits per heavy atom. The van der Waals surface area contributed by atoms with E-state index in [1.807, 2.05) is 25.1 Å². The molecule has 0 spiro atoms. The molecule has 1 heterocycles. The van der Waals surface area contributed by atoms with Crippen molar-refractivity contribution in [1.82, 2.24) is 5.01 Å². The van der Waals surface area contributed by atoms with Gasteiger partial charge in [-0.05, 0) is 38.1 Å². The van der Waals surface area contributed by atoms with E-state index in [9.17, 15) is 9.90 Å². The molecule has 0 aromatic heterocycles. The average Bonchev–Trinajstić information content (AvgIpc) is 2.96. The zero-order valence-electron chi connectivity index (χ0n) is 14.6. The molecule has 0 unspecified atom stereocenters. The van der Waals surface area contributed by atoms with Crippen LogP contribution in [0.25, 0.3) is 0 Å². The Morgan fingerprint density at radius 2 is 1.88 bits per heavy atom. The normalized spacial score (nSPS) is 19.0. The van der Waals surface area contributed by atoms with Crippen molar-refractivity contribution in [3.8, 4) is 11.8 Å². The molecule has 26 heavy (non-hydrogen) atoms. The van der Waals surface area contributed by atoms with Crippen LogP contribution in [0.4, 0.5) is 0 Å². The SMILES string of the molecule is CC1=NN(C(=O)COc2ccc(C#N)cc2)[C@@](O)(c2ccc(C)cc2)C1. The number of aliphatic hydroxyl groups is 1.